The lowest BCUT2D eigenvalue weighted by atomic mass is 10.1. The number of hydrogen-bond acceptors (Lipinski definition) is 4. The molecule has 0 bridgehead atoms. The molecule has 1 aromatic carbocycles. The van der Waals surface area contributed by atoms with Crippen LogP contribution in [0.1, 0.15) is 37.4 Å². The first-order valence-corrected chi connectivity index (χ1v) is 9.84. The second kappa shape index (κ2) is 8.80. The zero-order valence-electron chi connectivity index (χ0n) is 16.7. The lowest BCUT2D eigenvalue weighted by Crippen LogP contribution is -2.49. The first-order chi connectivity index (χ1) is 13.8. The Kier molecular flexibility index (Phi) is 6.39. The highest BCUT2D eigenvalue weighted by atomic mass is 19.4. The van der Waals surface area contributed by atoms with Gasteiger partial charge >= 0.3 is 6.18 Å². The van der Waals surface area contributed by atoms with Gasteiger partial charge in [-0.2, -0.15) is 13.2 Å². The molecule has 2 aromatic rings. The van der Waals surface area contributed by atoms with Crippen molar-refractivity contribution in [3.05, 3.63) is 41.6 Å². The number of halogens is 3. The van der Waals surface area contributed by atoms with Crippen LogP contribution in [0, 0.1) is 6.92 Å². The van der Waals surface area contributed by atoms with Crippen molar-refractivity contribution >= 4 is 11.7 Å². The topological polar surface area (TPSA) is 49.3 Å². The molecule has 0 spiro atoms. The Balaban J connectivity index is 1.76. The molecule has 29 heavy (non-hydrogen) atoms. The molecule has 3 rings (SSSR count). The third kappa shape index (κ3) is 5.25. The van der Waals surface area contributed by atoms with Crippen molar-refractivity contribution in [2.75, 3.05) is 31.1 Å². The highest BCUT2D eigenvalue weighted by Crippen LogP contribution is 2.32. The fourth-order valence-electron chi connectivity index (χ4n) is 3.35. The summed E-state index contributed by atoms with van der Waals surface area (Å²) in [5.41, 5.74) is 0.294. The Morgan fingerprint density at radius 2 is 1.83 bits per heavy atom. The lowest BCUT2D eigenvalue weighted by molar-refractivity contribution is -0.137. The van der Waals surface area contributed by atoms with Gasteiger partial charge < -0.3 is 9.80 Å². The monoisotopic (exact) mass is 406 g/mol. The van der Waals surface area contributed by atoms with Crippen molar-refractivity contribution in [3.8, 4) is 11.4 Å². The second-order valence-corrected chi connectivity index (χ2v) is 7.24. The molecule has 5 nitrogen and oxygen atoms in total. The number of rotatable bonds is 5. The summed E-state index contributed by atoms with van der Waals surface area (Å²) in [5, 5.41) is 0. The third-order valence-corrected chi connectivity index (χ3v) is 4.99. The van der Waals surface area contributed by atoms with Crippen LogP contribution in [0.15, 0.2) is 30.3 Å². The van der Waals surface area contributed by atoms with Crippen LogP contribution in [0.3, 0.4) is 0 Å². The van der Waals surface area contributed by atoms with E-state index in [4.69, 9.17) is 0 Å². The second-order valence-electron chi connectivity index (χ2n) is 7.24. The van der Waals surface area contributed by atoms with Crippen molar-refractivity contribution in [1.82, 2.24) is 14.9 Å². The number of aryl methyl sites for hydroxylation is 1. The fraction of sp³-hybridized carbons (Fsp3) is 0.476. The quantitative estimate of drug-likeness (QED) is 0.743. The summed E-state index contributed by atoms with van der Waals surface area (Å²) in [7, 11) is 0. The Hall–Kier alpha value is -2.64. The van der Waals surface area contributed by atoms with E-state index in [0.29, 0.717) is 49.7 Å². The number of carbonyl (C=O) groups is 1. The van der Waals surface area contributed by atoms with Gasteiger partial charge in [0.2, 0.25) is 5.91 Å². The average molecular weight is 406 g/mol. The average Bonchev–Trinajstić information content (AvgIpc) is 2.71. The largest absolute Gasteiger partial charge is 0.416 e. The normalized spacial score (nSPS) is 14.9. The van der Waals surface area contributed by atoms with Gasteiger partial charge in [0.25, 0.3) is 0 Å². The van der Waals surface area contributed by atoms with Gasteiger partial charge in [0.15, 0.2) is 5.82 Å². The van der Waals surface area contributed by atoms with Gasteiger partial charge in [0.05, 0.1) is 5.56 Å². The van der Waals surface area contributed by atoms with Gasteiger partial charge in [-0.05, 0) is 25.5 Å². The molecule has 0 unspecified atom stereocenters. The standard InChI is InChI=1S/C21H25F3N4O/c1-3-4-8-19(29)28-11-9-27(10-12-28)18-13-15(2)25-20(26-18)16-6-5-7-17(14-16)21(22,23)24/h5-7,13-14H,3-4,8-12H2,1-2H3. The maximum atomic E-state index is 13.0. The van der Waals surface area contributed by atoms with Crippen molar-refractivity contribution < 1.29 is 18.0 Å². The summed E-state index contributed by atoms with van der Waals surface area (Å²) < 4.78 is 39.1. The third-order valence-electron chi connectivity index (χ3n) is 4.99. The Morgan fingerprint density at radius 1 is 1.10 bits per heavy atom. The maximum Gasteiger partial charge on any atom is 0.416 e. The van der Waals surface area contributed by atoms with Gasteiger partial charge in [-0.3, -0.25) is 4.79 Å². The van der Waals surface area contributed by atoms with Crippen LogP contribution in [-0.4, -0.2) is 47.0 Å². The van der Waals surface area contributed by atoms with E-state index >= 15 is 0 Å². The molecule has 0 N–H and O–H groups in total. The van der Waals surface area contributed by atoms with Gasteiger partial charge in [-0.15, -0.1) is 0 Å². The van der Waals surface area contributed by atoms with Gasteiger partial charge in [0, 0.05) is 49.9 Å². The van der Waals surface area contributed by atoms with E-state index in [-0.39, 0.29) is 11.7 Å². The highest BCUT2D eigenvalue weighted by molar-refractivity contribution is 5.76. The van der Waals surface area contributed by atoms with Crippen molar-refractivity contribution in [2.24, 2.45) is 0 Å². The summed E-state index contributed by atoms with van der Waals surface area (Å²) in [6, 6.07) is 6.88. The fourth-order valence-corrected chi connectivity index (χ4v) is 3.35. The molecule has 2 heterocycles. The first kappa shape index (κ1) is 21.1. The van der Waals surface area contributed by atoms with Crippen LogP contribution >= 0.6 is 0 Å². The molecule has 1 amide bonds. The number of benzene rings is 1. The Bertz CT molecular complexity index is 861. The molecular weight excluding hydrogens is 381 g/mol. The molecule has 0 atom stereocenters. The minimum absolute atomic E-state index is 0.176. The number of nitrogens with zero attached hydrogens (tertiary/aromatic N) is 4. The number of alkyl halides is 3. The van der Waals surface area contributed by atoms with E-state index in [1.165, 1.54) is 6.07 Å². The van der Waals surface area contributed by atoms with Crippen LogP contribution in [0.5, 0.6) is 0 Å². The zero-order chi connectivity index (χ0) is 21.0. The molecule has 0 saturated carbocycles. The van der Waals surface area contributed by atoms with Crippen LogP contribution in [0.4, 0.5) is 19.0 Å². The Morgan fingerprint density at radius 3 is 2.48 bits per heavy atom. The van der Waals surface area contributed by atoms with E-state index in [2.05, 4.69) is 21.8 Å². The first-order valence-electron chi connectivity index (χ1n) is 9.84. The van der Waals surface area contributed by atoms with E-state index in [1.54, 1.807) is 13.0 Å². The summed E-state index contributed by atoms with van der Waals surface area (Å²) in [6.07, 6.45) is -1.96. The number of carbonyl (C=O) groups excluding carboxylic acids is 1. The van der Waals surface area contributed by atoms with Gasteiger partial charge in [-0.1, -0.05) is 25.5 Å². The Labute approximate surface area is 168 Å². The van der Waals surface area contributed by atoms with E-state index < -0.39 is 11.7 Å². The summed E-state index contributed by atoms with van der Waals surface area (Å²) in [5.74, 6) is 1.12. The zero-order valence-corrected chi connectivity index (χ0v) is 16.7. The van der Waals surface area contributed by atoms with Crippen LogP contribution in [-0.2, 0) is 11.0 Å². The number of anilines is 1. The molecule has 1 fully saturated rings. The predicted octanol–water partition coefficient (Wildman–Crippen LogP) is 4.31. The van der Waals surface area contributed by atoms with Crippen molar-refractivity contribution in [1.29, 1.82) is 0 Å². The molecule has 156 valence electrons. The maximum absolute atomic E-state index is 13.0. The van der Waals surface area contributed by atoms with Crippen LogP contribution in [0.25, 0.3) is 11.4 Å². The molecule has 1 saturated heterocycles. The van der Waals surface area contributed by atoms with E-state index in [0.717, 1.165) is 25.0 Å². The molecule has 0 radical (unpaired) electrons. The number of piperazine rings is 1. The number of unbranched alkanes of at least 4 members (excludes halogenated alkanes) is 1. The molecule has 0 aliphatic carbocycles. The molecule has 1 aliphatic rings. The smallest absolute Gasteiger partial charge is 0.353 e. The van der Waals surface area contributed by atoms with Crippen molar-refractivity contribution in [3.63, 3.8) is 0 Å². The highest BCUT2D eigenvalue weighted by Gasteiger charge is 2.30. The predicted molar refractivity (Wildman–Crippen MR) is 106 cm³/mol. The van der Waals surface area contributed by atoms with E-state index in [9.17, 15) is 18.0 Å². The molecular formula is C21H25F3N4O. The SMILES string of the molecule is CCCCC(=O)N1CCN(c2cc(C)nc(-c3cccc(C(F)(F)F)c3)n2)CC1. The van der Waals surface area contributed by atoms with E-state index in [1.807, 2.05) is 11.0 Å². The summed E-state index contributed by atoms with van der Waals surface area (Å²) in [4.78, 5) is 25.0. The minimum Gasteiger partial charge on any atom is -0.353 e. The molecule has 8 heteroatoms. The number of amides is 1. The lowest BCUT2D eigenvalue weighted by Gasteiger charge is -2.35. The van der Waals surface area contributed by atoms with Crippen molar-refractivity contribution in [2.45, 2.75) is 39.3 Å². The van der Waals surface area contributed by atoms with Crippen LogP contribution < -0.4 is 4.90 Å². The number of aromatic nitrogens is 2. The summed E-state index contributed by atoms with van der Waals surface area (Å²) in [6.45, 7) is 6.36. The minimum atomic E-state index is -4.41. The van der Waals surface area contributed by atoms with Gasteiger partial charge in [0.1, 0.15) is 5.82 Å². The molecule has 1 aromatic heterocycles. The van der Waals surface area contributed by atoms with Gasteiger partial charge in [-0.25, -0.2) is 9.97 Å². The van der Waals surface area contributed by atoms with Crippen LogP contribution in [0.2, 0.25) is 0 Å². The number of hydrogen-bond donors (Lipinski definition) is 0. The summed E-state index contributed by atoms with van der Waals surface area (Å²) >= 11 is 0. The molecule has 1 aliphatic heterocycles.